The van der Waals surface area contributed by atoms with Gasteiger partial charge in [-0.2, -0.15) is 0 Å². The summed E-state index contributed by atoms with van der Waals surface area (Å²) in [6.45, 7) is 1.98. The number of hydrogen-bond donors (Lipinski definition) is 1. The lowest BCUT2D eigenvalue weighted by Gasteiger charge is -2.06. The van der Waals surface area contributed by atoms with Crippen molar-refractivity contribution in [3.05, 3.63) is 30.2 Å². The van der Waals surface area contributed by atoms with E-state index >= 15 is 0 Å². The average molecular weight is 202 g/mol. The van der Waals surface area contributed by atoms with E-state index in [1.807, 2.05) is 44.2 Å². The summed E-state index contributed by atoms with van der Waals surface area (Å²) in [5, 5.41) is 0. The van der Waals surface area contributed by atoms with E-state index in [0.29, 0.717) is 0 Å². The minimum atomic E-state index is 0.861. The van der Waals surface area contributed by atoms with Gasteiger partial charge in [-0.25, -0.2) is 4.98 Å². The number of anilines is 1. The van der Waals surface area contributed by atoms with Crippen molar-refractivity contribution >= 4 is 5.95 Å². The summed E-state index contributed by atoms with van der Waals surface area (Å²) < 4.78 is 0. The first kappa shape index (κ1) is 9.71. The topological polar surface area (TPSA) is 44.8 Å². The predicted octanol–water partition coefficient (Wildman–Crippen LogP) is 1.85. The molecule has 2 rings (SSSR count). The summed E-state index contributed by atoms with van der Waals surface area (Å²) in [5.41, 5.74) is 3.14. The number of aromatic nitrogens is 3. The van der Waals surface area contributed by atoms with Gasteiger partial charge in [0.15, 0.2) is 0 Å². The van der Waals surface area contributed by atoms with Gasteiger partial charge in [0.2, 0.25) is 5.95 Å². The molecule has 4 heteroatoms. The molecule has 2 aromatic rings. The van der Waals surface area contributed by atoms with Crippen LogP contribution in [0.4, 0.5) is 5.95 Å². The zero-order valence-corrected chi connectivity index (χ0v) is 9.15. The minimum absolute atomic E-state index is 0.861. The summed E-state index contributed by atoms with van der Waals surface area (Å²) >= 11 is 0. The monoisotopic (exact) mass is 202 g/mol. The number of H-pyrrole nitrogens is 1. The Morgan fingerprint density at radius 1 is 1.27 bits per heavy atom. The molecule has 0 aliphatic rings. The summed E-state index contributed by atoms with van der Waals surface area (Å²) in [6, 6.07) is 4.01. The normalized spacial score (nSPS) is 10.3. The van der Waals surface area contributed by atoms with Gasteiger partial charge in [-0.15, -0.1) is 0 Å². The van der Waals surface area contributed by atoms with Crippen LogP contribution >= 0.6 is 0 Å². The lowest BCUT2D eigenvalue weighted by molar-refractivity contribution is 1.04. The molecule has 0 aromatic carbocycles. The second-order valence-corrected chi connectivity index (χ2v) is 3.70. The van der Waals surface area contributed by atoms with E-state index in [0.717, 1.165) is 22.9 Å². The number of nitrogens with zero attached hydrogens (tertiary/aromatic N) is 3. The number of pyridine rings is 1. The highest BCUT2D eigenvalue weighted by Crippen LogP contribution is 2.19. The van der Waals surface area contributed by atoms with Crippen LogP contribution in [-0.4, -0.2) is 29.0 Å². The molecule has 0 spiro atoms. The van der Waals surface area contributed by atoms with Gasteiger partial charge in [0.1, 0.15) is 0 Å². The van der Waals surface area contributed by atoms with E-state index < -0.39 is 0 Å². The Balaban J connectivity index is 2.37. The lowest BCUT2D eigenvalue weighted by Crippen LogP contribution is -2.10. The molecule has 78 valence electrons. The lowest BCUT2D eigenvalue weighted by atomic mass is 10.2. The van der Waals surface area contributed by atoms with Crippen LogP contribution in [-0.2, 0) is 0 Å². The molecule has 0 radical (unpaired) electrons. The quantitative estimate of drug-likeness (QED) is 0.808. The summed E-state index contributed by atoms with van der Waals surface area (Å²) in [4.78, 5) is 13.6. The van der Waals surface area contributed by atoms with Crippen LogP contribution in [0.25, 0.3) is 11.3 Å². The van der Waals surface area contributed by atoms with Crippen LogP contribution in [0.1, 0.15) is 5.69 Å². The number of imidazole rings is 1. The average Bonchev–Trinajstić information content (AvgIpc) is 2.66. The maximum Gasteiger partial charge on any atom is 0.202 e. The van der Waals surface area contributed by atoms with E-state index in [4.69, 9.17) is 0 Å². The van der Waals surface area contributed by atoms with Crippen molar-refractivity contribution in [1.82, 2.24) is 15.0 Å². The van der Waals surface area contributed by atoms with E-state index in [9.17, 15) is 0 Å². The highest BCUT2D eigenvalue weighted by Gasteiger charge is 2.04. The van der Waals surface area contributed by atoms with Crippen molar-refractivity contribution in [2.24, 2.45) is 0 Å². The Labute approximate surface area is 89.0 Å². The van der Waals surface area contributed by atoms with Crippen molar-refractivity contribution < 1.29 is 0 Å². The minimum Gasteiger partial charge on any atom is -0.349 e. The molecule has 1 N–H and O–H groups in total. The van der Waals surface area contributed by atoms with Gasteiger partial charge in [0.25, 0.3) is 0 Å². The van der Waals surface area contributed by atoms with Gasteiger partial charge < -0.3 is 9.88 Å². The van der Waals surface area contributed by atoms with Gasteiger partial charge in [0.05, 0.1) is 11.9 Å². The summed E-state index contributed by atoms with van der Waals surface area (Å²) in [5.74, 6) is 0.861. The van der Waals surface area contributed by atoms with Crippen LogP contribution in [0.15, 0.2) is 24.5 Å². The molecular formula is C11H14N4. The number of nitrogens with one attached hydrogen (secondary N) is 1. The molecule has 0 fully saturated rings. The first-order valence-corrected chi connectivity index (χ1v) is 4.82. The molecule has 0 aliphatic carbocycles. The molecule has 0 saturated heterocycles. The zero-order chi connectivity index (χ0) is 10.8. The maximum atomic E-state index is 4.27. The number of aryl methyl sites for hydroxylation is 1. The van der Waals surface area contributed by atoms with Crippen LogP contribution in [0, 0.1) is 6.92 Å². The largest absolute Gasteiger partial charge is 0.349 e. The van der Waals surface area contributed by atoms with Crippen molar-refractivity contribution in [3.8, 4) is 11.3 Å². The Kier molecular flexibility index (Phi) is 2.41. The van der Waals surface area contributed by atoms with Gasteiger partial charge in [-0.3, -0.25) is 4.98 Å². The second-order valence-electron chi connectivity index (χ2n) is 3.70. The van der Waals surface area contributed by atoms with Gasteiger partial charge >= 0.3 is 0 Å². The third kappa shape index (κ3) is 1.98. The molecule has 0 unspecified atom stereocenters. The zero-order valence-electron chi connectivity index (χ0n) is 9.15. The van der Waals surface area contributed by atoms with Crippen LogP contribution < -0.4 is 4.90 Å². The predicted molar refractivity (Wildman–Crippen MR) is 60.9 cm³/mol. The summed E-state index contributed by atoms with van der Waals surface area (Å²) in [6.07, 6.45) is 3.64. The van der Waals surface area contributed by atoms with E-state index in [2.05, 4.69) is 15.0 Å². The third-order valence-corrected chi connectivity index (χ3v) is 2.19. The molecule has 2 heterocycles. The maximum absolute atomic E-state index is 4.27. The molecular weight excluding hydrogens is 188 g/mol. The molecule has 0 atom stereocenters. The fourth-order valence-corrected chi connectivity index (χ4v) is 1.40. The Morgan fingerprint density at radius 3 is 2.67 bits per heavy atom. The standard InChI is InChI=1S/C11H14N4/c1-8-6-9(4-5-12-8)10-7-13-11(14-10)15(2)3/h4-7H,1-3H3,(H,13,14). The van der Waals surface area contributed by atoms with Crippen LogP contribution in [0.5, 0.6) is 0 Å². The van der Waals surface area contributed by atoms with E-state index in [1.165, 1.54) is 0 Å². The second kappa shape index (κ2) is 3.73. The fourth-order valence-electron chi connectivity index (χ4n) is 1.40. The van der Waals surface area contributed by atoms with Crippen molar-refractivity contribution in [2.75, 3.05) is 19.0 Å². The van der Waals surface area contributed by atoms with Gasteiger partial charge in [-0.05, 0) is 19.1 Å². The van der Waals surface area contributed by atoms with E-state index in [1.54, 1.807) is 6.20 Å². The first-order valence-electron chi connectivity index (χ1n) is 4.82. The molecule has 4 nitrogen and oxygen atoms in total. The first-order chi connectivity index (χ1) is 7.16. The smallest absolute Gasteiger partial charge is 0.202 e. The molecule has 15 heavy (non-hydrogen) atoms. The Hall–Kier alpha value is -1.84. The molecule has 2 aromatic heterocycles. The number of rotatable bonds is 2. The molecule has 0 aliphatic heterocycles. The summed E-state index contributed by atoms with van der Waals surface area (Å²) in [7, 11) is 3.92. The van der Waals surface area contributed by atoms with Crippen molar-refractivity contribution in [3.63, 3.8) is 0 Å². The molecule has 0 bridgehead atoms. The molecule has 0 saturated carbocycles. The fraction of sp³-hybridized carbons (Fsp3) is 0.273. The van der Waals surface area contributed by atoms with Crippen LogP contribution in [0.2, 0.25) is 0 Å². The van der Waals surface area contributed by atoms with Gasteiger partial charge in [0, 0.05) is 31.5 Å². The molecule has 0 amide bonds. The third-order valence-electron chi connectivity index (χ3n) is 2.19. The highest BCUT2D eigenvalue weighted by molar-refractivity contribution is 5.60. The SMILES string of the molecule is Cc1cc(-c2cnc(N(C)C)[nH]2)ccn1. The van der Waals surface area contributed by atoms with Gasteiger partial charge in [-0.1, -0.05) is 0 Å². The number of aromatic amines is 1. The Morgan fingerprint density at radius 2 is 2.07 bits per heavy atom. The van der Waals surface area contributed by atoms with Crippen molar-refractivity contribution in [1.29, 1.82) is 0 Å². The van der Waals surface area contributed by atoms with Crippen LogP contribution in [0.3, 0.4) is 0 Å². The Bertz CT molecular complexity index is 459. The highest BCUT2D eigenvalue weighted by atomic mass is 15.2. The number of hydrogen-bond acceptors (Lipinski definition) is 3. The van der Waals surface area contributed by atoms with Crippen molar-refractivity contribution in [2.45, 2.75) is 6.92 Å². The van der Waals surface area contributed by atoms with E-state index in [-0.39, 0.29) is 0 Å².